The summed E-state index contributed by atoms with van der Waals surface area (Å²) in [7, 11) is 1.96. The van der Waals surface area contributed by atoms with E-state index >= 15 is 0 Å². The lowest BCUT2D eigenvalue weighted by Crippen LogP contribution is -2.01. The van der Waals surface area contributed by atoms with Crippen molar-refractivity contribution in [2.75, 3.05) is 5.73 Å². The van der Waals surface area contributed by atoms with E-state index in [1.807, 2.05) is 35.9 Å². The number of nitrogens with zero attached hydrogens (tertiary/aromatic N) is 3. The van der Waals surface area contributed by atoms with Crippen LogP contribution < -0.4 is 5.73 Å². The molecule has 0 amide bonds. The number of rotatable bonds is 3. The molecule has 0 saturated heterocycles. The summed E-state index contributed by atoms with van der Waals surface area (Å²) in [5.74, 6) is 1.70. The molecule has 0 unspecified atom stereocenters. The van der Waals surface area contributed by atoms with Crippen molar-refractivity contribution in [3.05, 3.63) is 40.8 Å². The Kier molecular flexibility index (Phi) is 3.68. The zero-order valence-electron chi connectivity index (χ0n) is 12.1. The van der Waals surface area contributed by atoms with Crippen LogP contribution in [-0.4, -0.2) is 14.5 Å². The molecule has 0 atom stereocenters. The van der Waals surface area contributed by atoms with Crippen molar-refractivity contribution < 1.29 is 0 Å². The van der Waals surface area contributed by atoms with E-state index in [-0.39, 0.29) is 0 Å². The number of anilines is 1. The Morgan fingerprint density at radius 1 is 1.29 bits per heavy atom. The molecule has 5 heteroatoms. The number of aromatic nitrogens is 3. The summed E-state index contributed by atoms with van der Waals surface area (Å²) >= 11 is 3.57. The van der Waals surface area contributed by atoms with Gasteiger partial charge in [-0.05, 0) is 24.6 Å². The number of benzene rings is 1. The molecule has 0 saturated carbocycles. The highest BCUT2D eigenvalue weighted by molar-refractivity contribution is 9.10. The van der Waals surface area contributed by atoms with Gasteiger partial charge in [0.15, 0.2) is 0 Å². The highest BCUT2D eigenvalue weighted by atomic mass is 79.9. The van der Waals surface area contributed by atoms with E-state index in [0.717, 1.165) is 45.3 Å². The van der Waals surface area contributed by atoms with Crippen molar-refractivity contribution in [3.8, 4) is 11.3 Å². The molecule has 2 aromatic heterocycles. The maximum Gasteiger partial charge on any atom is 0.131 e. The van der Waals surface area contributed by atoms with Crippen LogP contribution in [0.3, 0.4) is 0 Å². The van der Waals surface area contributed by atoms with Gasteiger partial charge in [-0.2, -0.15) is 0 Å². The number of nitrogens with two attached hydrogens (primary N) is 1. The van der Waals surface area contributed by atoms with Gasteiger partial charge in [0.05, 0.1) is 5.52 Å². The molecule has 0 fully saturated rings. The Morgan fingerprint density at radius 2 is 2.10 bits per heavy atom. The third-order valence-corrected chi connectivity index (χ3v) is 4.37. The zero-order valence-corrected chi connectivity index (χ0v) is 13.7. The normalized spacial score (nSPS) is 11.2. The van der Waals surface area contributed by atoms with Crippen molar-refractivity contribution in [2.45, 2.75) is 19.8 Å². The molecule has 0 radical (unpaired) electrons. The van der Waals surface area contributed by atoms with E-state index in [9.17, 15) is 0 Å². The molecule has 2 N–H and O–H groups in total. The first-order valence-corrected chi connectivity index (χ1v) is 7.77. The molecular formula is C16H17BrN4. The molecular weight excluding hydrogens is 328 g/mol. The van der Waals surface area contributed by atoms with Gasteiger partial charge in [-0.25, -0.2) is 4.98 Å². The third-order valence-electron chi connectivity index (χ3n) is 3.68. The lowest BCUT2D eigenvalue weighted by Gasteiger charge is -2.06. The predicted octanol–water partition coefficient (Wildman–Crippen LogP) is 3.93. The zero-order chi connectivity index (χ0) is 15.0. The fourth-order valence-corrected chi connectivity index (χ4v) is 2.99. The molecule has 0 spiro atoms. The van der Waals surface area contributed by atoms with Gasteiger partial charge in [0.25, 0.3) is 0 Å². The van der Waals surface area contributed by atoms with Crippen LogP contribution in [0, 0.1) is 0 Å². The fourth-order valence-electron chi connectivity index (χ4n) is 2.53. The second-order valence-corrected chi connectivity index (χ2v) is 5.92. The van der Waals surface area contributed by atoms with Crippen LogP contribution >= 0.6 is 15.9 Å². The van der Waals surface area contributed by atoms with Crippen molar-refractivity contribution >= 4 is 32.7 Å². The lowest BCUT2D eigenvalue weighted by atomic mass is 10.1. The predicted molar refractivity (Wildman–Crippen MR) is 90.1 cm³/mol. The van der Waals surface area contributed by atoms with Crippen LogP contribution in [0.5, 0.6) is 0 Å². The van der Waals surface area contributed by atoms with Gasteiger partial charge in [0.2, 0.25) is 0 Å². The smallest absolute Gasteiger partial charge is 0.131 e. The number of imidazole rings is 1. The Morgan fingerprint density at radius 3 is 2.86 bits per heavy atom. The largest absolute Gasteiger partial charge is 0.383 e. The van der Waals surface area contributed by atoms with Gasteiger partial charge < -0.3 is 10.3 Å². The average Bonchev–Trinajstić information content (AvgIpc) is 2.77. The summed E-state index contributed by atoms with van der Waals surface area (Å²) in [4.78, 5) is 9.24. The molecule has 0 aliphatic heterocycles. The van der Waals surface area contributed by atoms with E-state index in [0.29, 0.717) is 5.82 Å². The van der Waals surface area contributed by atoms with Crippen LogP contribution in [0.4, 0.5) is 5.82 Å². The Labute approximate surface area is 132 Å². The molecule has 0 aliphatic rings. The number of fused-ring (bicyclic) bond motifs is 1. The topological polar surface area (TPSA) is 56.7 Å². The number of nitrogen functional groups attached to an aromatic ring is 1. The minimum atomic E-state index is 0.688. The van der Waals surface area contributed by atoms with Crippen molar-refractivity contribution in [3.63, 3.8) is 0 Å². The van der Waals surface area contributed by atoms with E-state index < -0.39 is 0 Å². The van der Waals surface area contributed by atoms with Crippen LogP contribution in [0.15, 0.2) is 34.9 Å². The maximum atomic E-state index is 6.26. The number of hydrogen-bond acceptors (Lipinski definition) is 3. The minimum absolute atomic E-state index is 0.688. The summed E-state index contributed by atoms with van der Waals surface area (Å²) in [6, 6.07) is 8.02. The van der Waals surface area contributed by atoms with E-state index in [1.165, 1.54) is 0 Å². The van der Waals surface area contributed by atoms with Crippen LogP contribution in [0.1, 0.15) is 19.2 Å². The highest BCUT2D eigenvalue weighted by Crippen LogP contribution is 2.34. The minimum Gasteiger partial charge on any atom is -0.383 e. The monoisotopic (exact) mass is 344 g/mol. The van der Waals surface area contributed by atoms with Crippen LogP contribution in [0.2, 0.25) is 0 Å². The Bertz CT molecular complexity index is 807. The van der Waals surface area contributed by atoms with Crippen molar-refractivity contribution in [1.82, 2.24) is 14.5 Å². The Balaban J connectivity index is 2.26. The van der Waals surface area contributed by atoms with E-state index in [4.69, 9.17) is 10.7 Å². The molecule has 2 heterocycles. The Hall–Kier alpha value is -1.88. The van der Waals surface area contributed by atoms with Gasteiger partial charge in [0, 0.05) is 35.1 Å². The first-order valence-electron chi connectivity index (χ1n) is 6.98. The lowest BCUT2D eigenvalue weighted by molar-refractivity contribution is 0.764. The number of hydrogen-bond donors (Lipinski definition) is 1. The first kappa shape index (κ1) is 14.1. The molecule has 0 aliphatic carbocycles. The summed E-state index contributed by atoms with van der Waals surface area (Å²) in [6.07, 6.45) is 3.76. The third kappa shape index (κ3) is 2.31. The number of pyridine rings is 1. The van der Waals surface area contributed by atoms with E-state index in [1.54, 1.807) is 6.20 Å². The quantitative estimate of drug-likeness (QED) is 0.782. The maximum absolute atomic E-state index is 6.26. The number of halogens is 1. The van der Waals surface area contributed by atoms with Gasteiger partial charge in [-0.1, -0.05) is 28.9 Å². The molecule has 3 rings (SSSR count). The summed E-state index contributed by atoms with van der Waals surface area (Å²) in [6.45, 7) is 2.14. The molecule has 4 nitrogen and oxygen atoms in total. The van der Waals surface area contributed by atoms with Crippen molar-refractivity contribution in [1.29, 1.82) is 0 Å². The van der Waals surface area contributed by atoms with Gasteiger partial charge in [-0.3, -0.25) is 4.98 Å². The number of aryl methyl sites for hydroxylation is 1. The average molecular weight is 345 g/mol. The van der Waals surface area contributed by atoms with Gasteiger partial charge in [0.1, 0.15) is 17.3 Å². The second kappa shape index (κ2) is 5.48. The van der Waals surface area contributed by atoms with Crippen LogP contribution in [0.25, 0.3) is 22.2 Å². The highest BCUT2D eigenvalue weighted by Gasteiger charge is 2.16. The van der Waals surface area contributed by atoms with Crippen LogP contribution in [-0.2, 0) is 13.5 Å². The summed E-state index contributed by atoms with van der Waals surface area (Å²) < 4.78 is 2.99. The standard InChI is InChI=1S/C16H17BrN4/c1-3-5-13-20-15(16(18)21(13)2)11-7-8-12(17)10-6-4-9-19-14(10)11/h4,6-9H,3,5,18H2,1-2H3. The summed E-state index contributed by atoms with van der Waals surface area (Å²) in [5.41, 5.74) is 8.97. The first-order chi connectivity index (χ1) is 10.1. The fraction of sp³-hybridized carbons (Fsp3) is 0.250. The summed E-state index contributed by atoms with van der Waals surface area (Å²) in [5, 5.41) is 1.07. The molecule has 1 aromatic carbocycles. The molecule has 0 bridgehead atoms. The van der Waals surface area contributed by atoms with Gasteiger partial charge in [-0.15, -0.1) is 0 Å². The van der Waals surface area contributed by atoms with Gasteiger partial charge >= 0.3 is 0 Å². The molecule has 21 heavy (non-hydrogen) atoms. The SMILES string of the molecule is CCCc1nc(-c2ccc(Br)c3cccnc23)c(N)n1C. The second-order valence-electron chi connectivity index (χ2n) is 5.07. The molecule has 108 valence electrons. The van der Waals surface area contributed by atoms with Crippen molar-refractivity contribution in [2.24, 2.45) is 7.05 Å². The molecule has 3 aromatic rings. The van der Waals surface area contributed by atoms with E-state index in [2.05, 4.69) is 27.8 Å².